The van der Waals surface area contributed by atoms with Crippen molar-refractivity contribution in [1.82, 2.24) is 0 Å². The van der Waals surface area contributed by atoms with Crippen LogP contribution in [0.2, 0.25) is 0 Å². The van der Waals surface area contributed by atoms with E-state index in [4.69, 9.17) is 10.00 Å². The molecular formula is C7H19O3P. The van der Waals surface area contributed by atoms with E-state index in [0.29, 0.717) is 6.42 Å². The first-order chi connectivity index (χ1) is 5.18. The highest BCUT2D eigenvalue weighted by Gasteiger charge is 1.88. The zero-order chi connectivity index (χ0) is 9.11. The van der Waals surface area contributed by atoms with Crippen molar-refractivity contribution in [1.29, 1.82) is 0 Å². The number of aliphatic hydroxyl groups is 1. The second kappa shape index (κ2) is 12.8. The van der Waals surface area contributed by atoms with E-state index in [9.17, 15) is 4.57 Å². The van der Waals surface area contributed by atoms with Gasteiger partial charge in [0.1, 0.15) is 0 Å². The first-order valence-electron chi connectivity index (χ1n) is 4.01. The van der Waals surface area contributed by atoms with Gasteiger partial charge in [-0.15, -0.1) is 0 Å². The Balaban J connectivity index is 0. The van der Waals surface area contributed by atoms with E-state index in [1.165, 1.54) is 12.8 Å². The second-order valence-corrected chi connectivity index (χ2v) is 3.51. The summed E-state index contributed by atoms with van der Waals surface area (Å²) < 4.78 is 9.83. The van der Waals surface area contributed by atoms with Crippen LogP contribution in [0.5, 0.6) is 0 Å². The molecule has 3 nitrogen and oxygen atoms in total. The Morgan fingerprint density at radius 3 is 1.82 bits per heavy atom. The number of unbranched alkanes of at least 4 members (excludes halogenated alkanes) is 1. The molecule has 4 heteroatoms. The first-order valence-corrected chi connectivity index (χ1v) is 5.57. The van der Waals surface area contributed by atoms with E-state index >= 15 is 0 Å². The van der Waals surface area contributed by atoms with E-state index in [0.717, 1.165) is 0 Å². The van der Waals surface area contributed by atoms with Gasteiger partial charge in [0.15, 0.2) is 8.03 Å². The molecule has 0 amide bonds. The maximum atomic E-state index is 9.83. The topological polar surface area (TPSA) is 57.5 Å². The molecule has 0 aliphatic carbocycles. The first kappa shape index (κ1) is 13.7. The molecule has 0 aliphatic rings. The van der Waals surface area contributed by atoms with Gasteiger partial charge in [0.2, 0.25) is 0 Å². The molecule has 0 rings (SSSR count). The lowest BCUT2D eigenvalue weighted by Crippen LogP contribution is -1.83. The van der Waals surface area contributed by atoms with Crippen molar-refractivity contribution < 1.29 is 14.6 Å². The standard InChI is InChI=1S/C4H10.C3H9O3P/c1-3-4-2;4-2-1-3-7(5)6/h3-4H2,1-2H3;4,7H,1-3H2,(H,5,6). The fourth-order valence-corrected chi connectivity index (χ4v) is 0.691. The van der Waals surface area contributed by atoms with Gasteiger partial charge in [-0.1, -0.05) is 26.7 Å². The van der Waals surface area contributed by atoms with Crippen molar-refractivity contribution in [2.75, 3.05) is 12.8 Å². The van der Waals surface area contributed by atoms with Crippen molar-refractivity contribution >= 4 is 8.03 Å². The van der Waals surface area contributed by atoms with E-state index < -0.39 is 8.03 Å². The molecule has 0 aliphatic heterocycles. The van der Waals surface area contributed by atoms with Gasteiger partial charge in [0.05, 0.1) is 0 Å². The SMILES string of the molecule is CCCC.O=[PH](O)CCCO. The number of aliphatic hydroxyl groups excluding tert-OH is 1. The minimum Gasteiger partial charge on any atom is -0.396 e. The van der Waals surface area contributed by atoms with E-state index in [2.05, 4.69) is 13.8 Å². The number of hydrogen-bond acceptors (Lipinski definition) is 2. The van der Waals surface area contributed by atoms with Crippen molar-refractivity contribution in [3.05, 3.63) is 0 Å². The summed E-state index contributed by atoms with van der Waals surface area (Å²) in [6.45, 7) is 4.37. The molecule has 0 aromatic carbocycles. The largest absolute Gasteiger partial charge is 0.396 e. The van der Waals surface area contributed by atoms with Crippen LogP contribution in [-0.2, 0) is 4.57 Å². The van der Waals surface area contributed by atoms with Crippen molar-refractivity contribution in [3.8, 4) is 0 Å². The van der Waals surface area contributed by atoms with Crippen molar-refractivity contribution in [2.45, 2.75) is 33.1 Å². The summed E-state index contributed by atoms with van der Waals surface area (Å²) in [4.78, 5) is 8.12. The highest BCUT2D eigenvalue weighted by atomic mass is 31.1. The molecule has 1 unspecified atom stereocenters. The normalized spacial score (nSPS) is 11.6. The quantitative estimate of drug-likeness (QED) is 0.650. The summed E-state index contributed by atoms with van der Waals surface area (Å²) in [7, 11) is -2.31. The Labute approximate surface area is 69.3 Å². The van der Waals surface area contributed by atoms with Crippen LogP contribution in [0.25, 0.3) is 0 Å². The molecule has 0 aromatic rings. The van der Waals surface area contributed by atoms with Gasteiger partial charge in [-0.05, 0) is 6.42 Å². The average molecular weight is 182 g/mol. The molecule has 2 N–H and O–H groups in total. The fraction of sp³-hybridized carbons (Fsp3) is 1.00. The lowest BCUT2D eigenvalue weighted by molar-refractivity contribution is 0.294. The molecule has 11 heavy (non-hydrogen) atoms. The van der Waals surface area contributed by atoms with Crippen LogP contribution in [0.15, 0.2) is 0 Å². The Hall–Kier alpha value is 0.150. The lowest BCUT2D eigenvalue weighted by Gasteiger charge is -1.87. The molecule has 0 fully saturated rings. The van der Waals surface area contributed by atoms with Gasteiger partial charge in [0, 0.05) is 12.8 Å². The third kappa shape index (κ3) is 25.4. The molecule has 0 heterocycles. The monoisotopic (exact) mass is 182 g/mol. The number of hydrogen-bond donors (Lipinski definition) is 2. The fourth-order valence-electron chi connectivity index (χ4n) is 0.230. The zero-order valence-electron chi connectivity index (χ0n) is 7.34. The Bertz CT molecular complexity index is 83.8. The van der Waals surface area contributed by atoms with Gasteiger partial charge in [-0.25, -0.2) is 0 Å². The molecule has 0 bridgehead atoms. The molecule has 1 atom stereocenters. The molecule has 0 saturated carbocycles. The summed E-state index contributed by atoms with van der Waals surface area (Å²) in [5.41, 5.74) is 0. The van der Waals surface area contributed by atoms with Crippen LogP contribution in [0, 0.1) is 0 Å². The highest BCUT2D eigenvalue weighted by Crippen LogP contribution is 2.12. The van der Waals surface area contributed by atoms with Crippen LogP contribution >= 0.6 is 8.03 Å². The Morgan fingerprint density at radius 2 is 1.73 bits per heavy atom. The maximum Gasteiger partial charge on any atom is 0.189 e. The van der Waals surface area contributed by atoms with Gasteiger partial charge in [-0.3, -0.25) is 4.57 Å². The van der Waals surface area contributed by atoms with Crippen molar-refractivity contribution in [3.63, 3.8) is 0 Å². The second-order valence-electron chi connectivity index (χ2n) is 2.22. The van der Waals surface area contributed by atoms with Crippen molar-refractivity contribution in [2.24, 2.45) is 0 Å². The minimum atomic E-state index is -2.31. The number of rotatable bonds is 4. The van der Waals surface area contributed by atoms with Gasteiger partial charge < -0.3 is 10.00 Å². The smallest absolute Gasteiger partial charge is 0.189 e. The summed E-state index contributed by atoms with van der Waals surface area (Å²) in [6, 6.07) is 0. The molecule has 70 valence electrons. The van der Waals surface area contributed by atoms with Crippen LogP contribution in [0.3, 0.4) is 0 Å². The minimum absolute atomic E-state index is 0.0109. The third-order valence-corrected chi connectivity index (χ3v) is 1.83. The maximum absolute atomic E-state index is 9.83. The molecule has 0 saturated heterocycles. The van der Waals surface area contributed by atoms with Crippen LogP contribution in [0.1, 0.15) is 33.1 Å². The summed E-state index contributed by atoms with van der Waals surface area (Å²) in [6.07, 6.45) is 3.33. The van der Waals surface area contributed by atoms with Gasteiger partial charge in [0.25, 0.3) is 0 Å². The summed E-state index contributed by atoms with van der Waals surface area (Å²) in [5.74, 6) is 0. The van der Waals surface area contributed by atoms with Crippen LogP contribution in [0.4, 0.5) is 0 Å². The summed E-state index contributed by atoms with van der Waals surface area (Å²) >= 11 is 0. The Morgan fingerprint density at radius 1 is 1.27 bits per heavy atom. The van der Waals surface area contributed by atoms with E-state index in [1.54, 1.807) is 0 Å². The van der Waals surface area contributed by atoms with Crippen LogP contribution < -0.4 is 0 Å². The van der Waals surface area contributed by atoms with E-state index in [-0.39, 0.29) is 12.8 Å². The average Bonchev–Trinajstić information content (AvgIpc) is 2.01. The Kier molecular flexibility index (Phi) is 16.0. The molecule has 0 aromatic heterocycles. The predicted octanol–water partition coefficient (Wildman–Crippen LogP) is 1.64. The van der Waals surface area contributed by atoms with Crippen LogP contribution in [-0.4, -0.2) is 22.8 Å². The van der Waals surface area contributed by atoms with Gasteiger partial charge >= 0.3 is 0 Å². The lowest BCUT2D eigenvalue weighted by atomic mass is 10.4. The zero-order valence-corrected chi connectivity index (χ0v) is 8.34. The molecular weight excluding hydrogens is 163 g/mol. The third-order valence-electron chi connectivity index (χ3n) is 1.05. The van der Waals surface area contributed by atoms with E-state index in [1.807, 2.05) is 0 Å². The molecule has 0 spiro atoms. The molecule has 0 radical (unpaired) electrons. The summed E-state index contributed by atoms with van der Waals surface area (Å²) in [5, 5.41) is 8.08. The highest BCUT2D eigenvalue weighted by molar-refractivity contribution is 7.37. The predicted molar refractivity (Wildman–Crippen MR) is 48.4 cm³/mol. The van der Waals surface area contributed by atoms with Gasteiger partial charge in [-0.2, -0.15) is 0 Å².